The number of hydrogen-bond donors (Lipinski definition) is 1. The van der Waals surface area contributed by atoms with Crippen LogP contribution in [0.5, 0.6) is 0 Å². The van der Waals surface area contributed by atoms with E-state index in [4.69, 9.17) is 10.5 Å². The lowest BCUT2D eigenvalue weighted by Gasteiger charge is -2.41. The van der Waals surface area contributed by atoms with Gasteiger partial charge in [0.05, 0.1) is 0 Å². The minimum Gasteiger partial charge on any atom is -0.448 e. The van der Waals surface area contributed by atoms with Crippen LogP contribution in [0, 0.1) is 17.8 Å². The zero-order chi connectivity index (χ0) is 11.2. The summed E-state index contributed by atoms with van der Waals surface area (Å²) in [4.78, 5) is 15.5. The fraction of sp³-hybridized carbons (Fsp3) is 0.818. The van der Waals surface area contributed by atoms with E-state index >= 15 is 0 Å². The van der Waals surface area contributed by atoms with Gasteiger partial charge < -0.3 is 10.5 Å². The number of carbonyl (C=O) groups excluding carboxylic acids is 1. The van der Waals surface area contributed by atoms with Crippen LogP contribution in [0.25, 0.3) is 0 Å². The summed E-state index contributed by atoms with van der Waals surface area (Å²) in [5, 5.41) is 0. The second kappa shape index (κ2) is 3.22. The lowest BCUT2D eigenvalue weighted by Crippen LogP contribution is -2.47. The molecule has 2 atom stereocenters. The van der Waals surface area contributed by atoms with Crippen LogP contribution in [0.3, 0.4) is 0 Å². The Labute approximate surface area is 89.9 Å². The highest BCUT2D eigenvalue weighted by Crippen LogP contribution is 2.44. The molecule has 1 fully saturated rings. The third-order valence-corrected chi connectivity index (χ3v) is 4.00. The molecule has 2 N–H and O–H groups in total. The molecule has 1 heterocycles. The van der Waals surface area contributed by atoms with Gasteiger partial charge in [0.2, 0.25) is 0 Å². The Morgan fingerprint density at radius 3 is 2.27 bits per heavy atom. The highest BCUT2D eigenvalue weighted by atomic mass is 16.5. The van der Waals surface area contributed by atoms with Crippen LogP contribution < -0.4 is 5.73 Å². The van der Waals surface area contributed by atoms with Gasteiger partial charge in [-0.1, -0.05) is 20.8 Å². The van der Waals surface area contributed by atoms with Crippen molar-refractivity contribution in [1.82, 2.24) is 0 Å². The molecule has 4 nitrogen and oxygen atoms in total. The second-order valence-electron chi connectivity index (χ2n) is 5.07. The van der Waals surface area contributed by atoms with Crippen molar-refractivity contribution in [3.8, 4) is 0 Å². The van der Waals surface area contributed by atoms with Crippen LogP contribution in [0.1, 0.15) is 33.6 Å². The van der Waals surface area contributed by atoms with E-state index in [2.05, 4.69) is 25.8 Å². The molecular formula is C11H18N2O2. The summed E-state index contributed by atoms with van der Waals surface area (Å²) in [6.45, 7) is 6.55. The summed E-state index contributed by atoms with van der Waals surface area (Å²) >= 11 is 0. The highest BCUT2D eigenvalue weighted by molar-refractivity contribution is 6.00. The average molecular weight is 210 g/mol. The molecule has 1 aliphatic carbocycles. The third kappa shape index (κ3) is 1.52. The Balaban J connectivity index is 2.22. The van der Waals surface area contributed by atoms with E-state index < -0.39 is 5.60 Å². The van der Waals surface area contributed by atoms with Crippen LogP contribution in [0.2, 0.25) is 0 Å². The van der Waals surface area contributed by atoms with Crippen LogP contribution in [0.4, 0.5) is 0 Å². The highest BCUT2D eigenvalue weighted by Gasteiger charge is 2.52. The van der Waals surface area contributed by atoms with E-state index in [0.29, 0.717) is 17.8 Å². The van der Waals surface area contributed by atoms with Gasteiger partial charge in [0.15, 0.2) is 5.60 Å². The minimum atomic E-state index is -0.741. The number of rotatable bonds is 0. The first kappa shape index (κ1) is 10.5. The standard InChI is InChI=1S/C11H18N2O2/c1-6-4-11(5-7(2)8(6)3)9(14)13-10(12)15-11/h6-8H,4-5H2,1-3H3,(H2,12,13,14). The van der Waals surface area contributed by atoms with Gasteiger partial charge in [-0.25, -0.2) is 0 Å². The molecule has 0 bridgehead atoms. The van der Waals surface area contributed by atoms with E-state index in [0.717, 1.165) is 12.8 Å². The van der Waals surface area contributed by atoms with Gasteiger partial charge in [-0.05, 0) is 30.6 Å². The summed E-state index contributed by atoms with van der Waals surface area (Å²) in [6, 6.07) is 0.0361. The molecule has 0 aromatic heterocycles. The van der Waals surface area contributed by atoms with Crippen molar-refractivity contribution >= 4 is 11.9 Å². The van der Waals surface area contributed by atoms with Crippen molar-refractivity contribution in [2.75, 3.05) is 0 Å². The van der Waals surface area contributed by atoms with Gasteiger partial charge in [0.1, 0.15) is 0 Å². The Morgan fingerprint density at radius 2 is 1.87 bits per heavy atom. The summed E-state index contributed by atoms with van der Waals surface area (Å²) in [6.07, 6.45) is 1.48. The van der Waals surface area contributed by atoms with Gasteiger partial charge in [0.25, 0.3) is 11.9 Å². The van der Waals surface area contributed by atoms with E-state index in [-0.39, 0.29) is 11.9 Å². The largest absolute Gasteiger partial charge is 0.448 e. The monoisotopic (exact) mass is 210 g/mol. The molecule has 0 aromatic carbocycles. The summed E-state index contributed by atoms with van der Waals surface area (Å²) in [5.74, 6) is 1.37. The summed E-state index contributed by atoms with van der Waals surface area (Å²) < 4.78 is 5.47. The molecule has 2 unspecified atom stereocenters. The Kier molecular flexibility index (Phi) is 2.24. The number of amides is 1. The third-order valence-electron chi connectivity index (χ3n) is 4.00. The normalized spacial score (nSPS) is 45.4. The van der Waals surface area contributed by atoms with Crippen molar-refractivity contribution in [1.29, 1.82) is 0 Å². The van der Waals surface area contributed by atoms with Crippen LogP contribution in [0.15, 0.2) is 4.99 Å². The van der Waals surface area contributed by atoms with E-state index in [9.17, 15) is 4.79 Å². The molecule has 0 radical (unpaired) electrons. The lowest BCUT2D eigenvalue weighted by atomic mass is 9.67. The van der Waals surface area contributed by atoms with Crippen molar-refractivity contribution in [2.24, 2.45) is 28.5 Å². The maximum Gasteiger partial charge on any atom is 0.294 e. The molecule has 84 valence electrons. The van der Waals surface area contributed by atoms with Gasteiger partial charge in [-0.2, -0.15) is 4.99 Å². The number of aliphatic imine (C=N–C) groups is 1. The first-order valence-corrected chi connectivity index (χ1v) is 5.52. The van der Waals surface area contributed by atoms with Gasteiger partial charge in [-0.3, -0.25) is 4.79 Å². The van der Waals surface area contributed by atoms with Crippen LogP contribution in [-0.2, 0) is 9.53 Å². The SMILES string of the molecule is CC1CC2(CC(C)C1C)OC(N)=NC2=O. The molecule has 0 saturated heterocycles. The van der Waals surface area contributed by atoms with Gasteiger partial charge in [-0.15, -0.1) is 0 Å². The number of ether oxygens (including phenoxy) is 1. The maximum absolute atomic E-state index is 11.8. The van der Waals surface area contributed by atoms with Gasteiger partial charge in [0, 0.05) is 0 Å². The molecule has 15 heavy (non-hydrogen) atoms. The smallest absolute Gasteiger partial charge is 0.294 e. The molecule has 2 aliphatic rings. The second-order valence-corrected chi connectivity index (χ2v) is 5.07. The Hall–Kier alpha value is -1.06. The molecule has 2 rings (SSSR count). The van der Waals surface area contributed by atoms with Crippen LogP contribution >= 0.6 is 0 Å². The minimum absolute atomic E-state index is 0.0361. The maximum atomic E-state index is 11.8. The van der Waals surface area contributed by atoms with Crippen molar-refractivity contribution in [3.05, 3.63) is 0 Å². The number of nitrogens with zero attached hydrogens (tertiary/aromatic N) is 1. The first-order chi connectivity index (χ1) is 6.94. The molecule has 1 saturated carbocycles. The lowest BCUT2D eigenvalue weighted by molar-refractivity contribution is -0.138. The zero-order valence-electron chi connectivity index (χ0n) is 9.49. The van der Waals surface area contributed by atoms with E-state index in [1.165, 1.54) is 0 Å². The predicted molar refractivity (Wildman–Crippen MR) is 57.2 cm³/mol. The topological polar surface area (TPSA) is 64.7 Å². The van der Waals surface area contributed by atoms with Crippen molar-refractivity contribution < 1.29 is 9.53 Å². The zero-order valence-corrected chi connectivity index (χ0v) is 9.49. The van der Waals surface area contributed by atoms with Crippen LogP contribution in [-0.4, -0.2) is 17.5 Å². The van der Waals surface area contributed by atoms with E-state index in [1.54, 1.807) is 0 Å². The fourth-order valence-electron chi connectivity index (χ4n) is 2.78. The summed E-state index contributed by atoms with van der Waals surface area (Å²) in [5.41, 5.74) is 4.72. The molecule has 0 aromatic rings. The quantitative estimate of drug-likeness (QED) is 0.655. The van der Waals surface area contributed by atoms with Gasteiger partial charge >= 0.3 is 0 Å². The van der Waals surface area contributed by atoms with E-state index in [1.807, 2.05) is 0 Å². The summed E-state index contributed by atoms with van der Waals surface area (Å²) in [7, 11) is 0. The number of carbonyl (C=O) groups is 1. The Morgan fingerprint density at radius 1 is 1.33 bits per heavy atom. The predicted octanol–water partition coefficient (Wildman–Crippen LogP) is 1.30. The first-order valence-electron chi connectivity index (χ1n) is 5.52. The molecule has 1 aliphatic heterocycles. The van der Waals surface area contributed by atoms with Crippen molar-refractivity contribution in [3.63, 3.8) is 0 Å². The molecule has 4 heteroatoms. The number of amidine groups is 1. The number of hydrogen-bond acceptors (Lipinski definition) is 3. The number of nitrogens with two attached hydrogens (primary N) is 1. The molecular weight excluding hydrogens is 192 g/mol. The Bertz CT molecular complexity index is 313. The fourth-order valence-corrected chi connectivity index (χ4v) is 2.78. The molecule has 1 spiro atoms. The molecule has 1 amide bonds. The average Bonchev–Trinajstić information content (AvgIpc) is 2.38. The van der Waals surface area contributed by atoms with Crippen molar-refractivity contribution in [2.45, 2.75) is 39.2 Å².